The lowest BCUT2D eigenvalue weighted by Crippen LogP contribution is -2.13. The molecule has 19 heavy (non-hydrogen) atoms. The molecule has 2 aromatic rings. The average molecular weight is 268 g/mol. The van der Waals surface area contributed by atoms with E-state index in [1.807, 2.05) is 0 Å². The quantitative estimate of drug-likeness (QED) is 0.895. The topological polar surface area (TPSA) is 71.8 Å². The fourth-order valence-electron chi connectivity index (χ4n) is 1.59. The Balaban J connectivity index is 2.29. The third-order valence-corrected chi connectivity index (χ3v) is 2.44. The molecule has 2 rings (SSSR count). The lowest BCUT2D eigenvalue weighted by atomic mass is 10.0. The summed E-state index contributed by atoms with van der Waals surface area (Å²) in [6.07, 6.45) is -1.62. The van der Waals surface area contributed by atoms with Gasteiger partial charge in [-0.05, 0) is 11.6 Å². The first-order chi connectivity index (χ1) is 8.88. The SMILES string of the molecule is NC(=O)c1n[nH]cc1[CH]c1cccc(C(F)(F)F)c1. The van der Waals surface area contributed by atoms with Gasteiger partial charge in [-0.1, -0.05) is 18.2 Å². The Morgan fingerprint density at radius 3 is 2.74 bits per heavy atom. The molecule has 0 fully saturated rings. The number of aromatic amines is 1. The van der Waals surface area contributed by atoms with Gasteiger partial charge in [-0.15, -0.1) is 0 Å². The molecule has 0 aliphatic heterocycles. The van der Waals surface area contributed by atoms with Crippen LogP contribution in [0, 0.1) is 6.42 Å². The molecular weight excluding hydrogens is 259 g/mol. The van der Waals surface area contributed by atoms with E-state index in [-0.39, 0.29) is 5.69 Å². The minimum absolute atomic E-state index is 0.0163. The van der Waals surface area contributed by atoms with Gasteiger partial charge in [0.1, 0.15) is 0 Å². The number of carbonyl (C=O) groups is 1. The molecule has 0 aliphatic rings. The highest BCUT2D eigenvalue weighted by atomic mass is 19.4. The second kappa shape index (κ2) is 4.75. The molecule has 1 radical (unpaired) electrons. The molecule has 1 aromatic heterocycles. The molecule has 0 saturated heterocycles. The number of aromatic nitrogens is 2. The zero-order valence-corrected chi connectivity index (χ0v) is 9.53. The number of carbonyl (C=O) groups excluding carboxylic acids is 1. The zero-order valence-electron chi connectivity index (χ0n) is 9.53. The Kier molecular flexibility index (Phi) is 3.28. The molecule has 0 atom stereocenters. The first-order valence-corrected chi connectivity index (χ1v) is 5.23. The predicted molar refractivity (Wildman–Crippen MR) is 61.1 cm³/mol. The smallest absolute Gasteiger partial charge is 0.364 e. The molecule has 1 heterocycles. The average Bonchev–Trinajstić information content (AvgIpc) is 2.76. The van der Waals surface area contributed by atoms with Crippen molar-refractivity contribution in [2.75, 3.05) is 0 Å². The van der Waals surface area contributed by atoms with Gasteiger partial charge in [-0.2, -0.15) is 18.3 Å². The highest BCUT2D eigenvalue weighted by molar-refractivity contribution is 5.92. The van der Waals surface area contributed by atoms with Crippen molar-refractivity contribution in [1.29, 1.82) is 0 Å². The van der Waals surface area contributed by atoms with Crippen LogP contribution in [0.1, 0.15) is 27.2 Å². The van der Waals surface area contributed by atoms with Gasteiger partial charge >= 0.3 is 6.18 Å². The number of benzene rings is 1. The van der Waals surface area contributed by atoms with Crippen molar-refractivity contribution in [2.45, 2.75) is 6.18 Å². The van der Waals surface area contributed by atoms with Gasteiger partial charge in [0.25, 0.3) is 5.91 Å². The van der Waals surface area contributed by atoms with E-state index in [1.165, 1.54) is 24.8 Å². The summed E-state index contributed by atoms with van der Waals surface area (Å²) in [6.45, 7) is 0. The van der Waals surface area contributed by atoms with Gasteiger partial charge in [-0.25, -0.2) is 0 Å². The minimum atomic E-state index is -4.41. The maximum atomic E-state index is 12.5. The first kappa shape index (κ1) is 13.1. The Morgan fingerprint density at radius 2 is 2.11 bits per heavy atom. The monoisotopic (exact) mass is 268 g/mol. The number of H-pyrrole nitrogens is 1. The van der Waals surface area contributed by atoms with Gasteiger partial charge in [0.15, 0.2) is 5.69 Å². The number of hydrogen-bond donors (Lipinski definition) is 2. The highest BCUT2D eigenvalue weighted by Crippen LogP contribution is 2.30. The van der Waals surface area contributed by atoms with E-state index in [1.54, 1.807) is 0 Å². The van der Waals surface area contributed by atoms with E-state index in [0.29, 0.717) is 11.1 Å². The van der Waals surface area contributed by atoms with Crippen LogP contribution in [0.15, 0.2) is 30.5 Å². The van der Waals surface area contributed by atoms with Gasteiger partial charge < -0.3 is 5.73 Å². The van der Waals surface area contributed by atoms with Crippen LogP contribution >= 0.6 is 0 Å². The minimum Gasteiger partial charge on any atom is -0.364 e. The number of nitrogens with zero attached hydrogens (tertiary/aromatic N) is 1. The van der Waals surface area contributed by atoms with Crippen LogP contribution in [0.5, 0.6) is 0 Å². The van der Waals surface area contributed by atoms with Crippen LogP contribution < -0.4 is 5.73 Å². The molecular formula is C12H9F3N3O. The number of nitrogens with two attached hydrogens (primary N) is 1. The first-order valence-electron chi connectivity index (χ1n) is 5.23. The Morgan fingerprint density at radius 1 is 1.37 bits per heavy atom. The van der Waals surface area contributed by atoms with Crippen molar-refractivity contribution >= 4 is 5.91 Å². The fourth-order valence-corrected chi connectivity index (χ4v) is 1.59. The summed E-state index contributed by atoms with van der Waals surface area (Å²) in [5, 5.41) is 6.07. The summed E-state index contributed by atoms with van der Waals surface area (Å²) in [4.78, 5) is 11.0. The van der Waals surface area contributed by atoms with Crippen LogP contribution in [0.4, 0.5) is 13.2 Å². The largest absolute Gasteiger partial charge is 0.416 e. The van der Waals surface area contributed by atoms with Crippen LogP contribution in [-0.2, 0) is 6.18 Å². The van der Waals surface area contributed by atoms with E-state index in [0.717, 1.165) is 12.1 Å². The van der Waals surface area contributed by atoms with E-state index < -0.39 is 17.6 Å². The van der Waals surface area contributed by atoms with Crippen molar-refractivity contribution < 1.29 is 18.0 Å². The van der Waals surface area contributed by atoms with Crippen molar-refractivity contribution in [1.82, 2.24) is 10.2 Å². The van der Waals surface area contributed by atoms with E-state index in [2.05, 4.69) is 10.2 Å². The molecule has 1 aromatic carbocycles. The maximum absolute atomic E-state index is 12.5. The maximum Gasteiger partial charge on any atom is 0.416 e. The molecule has 7 heteroatoms. The van der Waals surface area contributed by atoms with Gasteiger partial charge in [-0.3, -0.25) is 9.89 Å². The highest BCUT2D eigenvalue weighted by Gasteiger charge is 2.30. The molecule has 0 saturated carbocycles. The summed E-state index contributed by atoms with van der Waals surface area (Å²) >= 11 is 0. The summed E-state index contributed by atoms with van der Waals surface area (Å²) in [6, 6.07) is 4.74. The number of hydrogen-bond acceptors (Lipinski definition) is 2. The van der Waals surface area contributed by atoms with Gasteiger partial charge in [0.2, 0.25) is 0 Å². The third-order valence-electron chi connectivity index (χ3n) is 2.44. The van der Waals surface area contributed by atoms with Crippen molar-refractivity contribution in [3.63, 3.8) is 0 Å². The van der Waals surface area contributed by atoms with E-state index >= 15 is 0 Å². The summed E-state index contributed by atoms with van der Waals surface area (Å²) < 4.78 is 37.6. The Bertz CT molecular complexity index is 604. The van der Waals surface area contributed by atoms with Crippen molar-refractivity contribution in [2.24, 2.45) is 5.73 Å². The fraction of sp³-hybridized carbons (Fsp3) is 0.0833. The number of rotatable bonds is 3. The Labute approximate surface area is 106 Å². The number of nitrogens with one attached hydrogen (secondary N) is 1. The van der Waals surface area contributed by atoms with Crippen molar-refractivity contribution in [3.05, 3.63) is 59.3 Å². The van der Waals surface area contributed by atoms with Crippen LogP contribution in [0.3, 0.4) is 0 Å². The van der Waals surface area contributed by atoms with E-state index in [9.17, 15) is 18.0 Å². The van der Waals surface area contributed by atoms with Crippen LogP contribution in [-0.4, -0.2) is 16.1 Å². The van der Waals surface area contributed by atoms with Gasteiger partial charge in [0, 0.05) is 18.2 Å². The number of alkyl halides is 3. The summed E-state index contributed by atoms with van der Waals surface area (Å²) in [5.74, 6) is -0.750. The third kappa shape index (κ3) is 2.93. The molecule has 0 bridgehead atoms. The second-order valence-corrected chi connectivity index (χ2v) is 3.82. The Hall–Kier alpha value is -2.31. The van der Waals surface area contributed by atoms with Crippen molar-refractivity contribution in [3.8, 4) is 0 Å². The summed E-state index contributed by atoms with van der Waals surface area (Å²) in [7, 11) is 0. The van der Waals surface area contributed by atoms with Gasteiger partial charge in [0.05, 0.1) is 5.56 Å². The molecule has 1 amide bonds. The number of halogens is 3. The van der Waals surface area contributed by atoms with Crippen LogP contribution in [0.25, 0.3) is 0 Å². The number of amides is 1. The van der Waals surface area contributed by atoms with Crippen LogP contribution in [0.2, 0.25) is 0 Å². The molecule has 0 aliphatic carbocycles. The lowest BCUT2D eigenvalue weighted by molar-refractivity contribution is -0.137. The molecule has 99 valence electrons. The molecule has 4 nitrogen and oxygen atoms in total. The normalized spacial score (nSPS) is 11.5. The lowest BCUT2D eigenvalue weighted by Gasteiger charge is -2.08. The molecule has 0 unspecified atom stereocenters. The predicted octanol–water partition coefficient (Wildman–Crippen LogP) is 2.13. The molecule has 3 N–H and O–H groups in total. The summed E-state index contributed by atoms with van der Waals surface area (Å²) in [5.41, 5.74) is 4.96. The zero-order chi connectivity index (χ0) is 14.0. The second-order valence-electron chi connectivity index (χ2n) is 3.82. The van der Waals surface area contributed by atoms with E-state index in [4.69, 9.17) is 5.73 Å². The number of primary amides is 1. The standard InChI is InChI=1S/C12H9F3N3O/c13-12(14,15)9-3-1-2-7(5-9)4-8-6-17-18-10(8)11(16)19/h1-6H,(H2,16,19)(H,17,18). The molecule has 0 spiro atoms.